The summed E-state index contributed by atoms with van der Waals surface area (Å²) in [5.74, 6) is -1.44. The summed E-state index contributed by atoms with van der Waals surface area (Å²) in [6.07, 6.45) is 1.74. The number of nitrogens with zero attached hydrogens (tertiary/aromatic N) is 2. The molecule has 0 aliphatic carbocycles. The fraction of sp³-hybridized carbons (Fsp3) is 0.238. The maximum absolute atomic E-state index is 12.4. The minimum atomic E-state index is -3.59. The molecule has 0 atom stereocenters. The highest BCUT2D eigenvalue weighted by Crippen LogP contribution is 2.23. The summed E-state index contributed by atoms with van der Waals surface area (Å²) in [6.45, 7) is 8.30. The van der Waals surface area contributed by atoms with Crippen LogP contribution in [0.3, 0.4) is 0 Å². The minimum absolute atomic E-state index is 0.174. The molecule has 0 N–H and O–H groups in total. The number of thiazole rings is 1. The van der Waals surface area contributed by atoms with Crippen LogP contribution in [0.5, 0.6) is 0 Å². The van der Waals surface area contributed by atoms with Gasteiger partial charge in [-0.1, -0.05) is 53.8 Å². The molecule has 28 heavy (non-hydrogen) atoms. The Kier molecular flexibility index (Phi) is 5.96. The number of carbonyl (C=O) groups excluding carboxylic acids is 1. The molecule has 3 aromatic rings. The molecule has 0 aliphatic heterocycles. The minimum Gasteiger partial charge on any atom is -0.312 e. The molecule has 0 radical (unpaired) electrons. The number of hydrogen-bond donors (Lipinski definition) is 0. The fourth-order valence-corrected chi connectivity index (χ4v) is 5.46. The van der Waals surface area contributed by atoms with Crippen LogP contribution in [0.2, 0.25) is 0 Å². The van der Waals surface area contributed by atoms with Gasteiger partial charge >= 0.3 is 0 Å². The second-order valence-corrected chi connectivity index (χ2v) is 9.78. The SMILES string of the molecule is C=CCn1c(=NC(=O)CS(=O)(=O)Cc2ccccc2)sc2c(C)cc(C)cc21. The van der Waals surface area contributed by atoms with E-state index in [4.69, 9.17) is 0 Å². The van der Waals surface area contributed by atoms with E-state index in [0.29, 0.717) is 16.9 Å². The van der Waals surface area contributed by atoms with Crippen LogP contribution in [-0.4, -0.2) is 24.6 Å². The summed E-state index contributed by atoms with van der Waals surface area (Å²) in [5.41, 5.74) is 3.85. The van der Waals surface area contributed by atoms with Gasteiger partial charge in [-0.25, -0.2) is 8.42 Å². The summed E-state index contributed by atoms with van der Waals surface area (Å²) in [6, 6.07) is 12.9. The largest absolute Gasteiger partial charge is 0.312 e. The van der Waals surface area contributed by atoms with Gasteiger partial charge in [0.1, 0.15) is 5.75 Å². The Bertz CT molecular complexity index is 1200. The predicted octanol–water partition coefficient (Wildman–Crippen LogP) is 3.55. The number of rotatable bonds is 6. The van der Waals surface area contributed by atoms with Gasteiger partial charge in [-0.3, -0.25) is 4.79 Å². The van der Waals surface area contributed by atoms with Crippen LogP contribution in [0, 0.1) is 13.8 Å². The lowest BCUT2D eigenvalue weighted by atomic mass is 10.1. The number of fused-ring (bicyclic) bond motifs is 1. The van der Waals surface area contributed by atoms with Gasteiger partial charge in [0.15, 0.2) is 14.6 Å². The van der Waals surface area contributed by atoms with E-state index in [1.54, 1.807) is 30.3 Å². The van der Waals surface area contributed by atoms with Crippen molar-refractivity contribution in [1.82, 2.24) is 4.57 Å². The summed E-state index contributed by atoms with van der Waals surface area (Å²) in [5, 5.41) is 0. The number of benzene rings is 2. The van der Waals surface area contributed by atoms with E-state index >= 15 is 0 Å². The molecule has 0 fully saturated rings. The molecule has 0 bridgehead atoms. The molecule has 3 rings (SSSR count). The van der Waals surface area contributed by atoms with Crippen molar-refractivity contribution in [3.05, 3.63) is 76.6 Å². The normalized spacial score (nSPS) is 12.4. The van der Waals surface area contributed by atoms with Crippen LogP contribution >= 0.6 is 11.3 Å². The molecule has 0 saturated heterocycles. The topological polar surface area (TPSA) is 68.5 Å². The van der Waals surface area contributed by atoms with E-state index in [9.17, 15) is 13.2 Å². The number of amides is 1. The maximum atomic E-state index is 12.4. The van der Waals surface area contributed by atoms with Crippen LogP contribution in [0.15, 0.2) is 60.1 Å². The van der Waals surface area contributed by atoms with Crippen molar-refractivity contribution in [1.29, 1.82) is 0 Å². The molecule has 0 spiro atoms. The van der Waals surface area contributed by atoms with Gasteiger partial charge in [0.2, 0.25) is 0 Å². The van der Waals surface area contributed by atoms with Gasteiger partial charge in [-0.15, -0.1) is 6.58 Å². The Balaban J connectivity index is 1.95. The zero-order chi connectivity index (χ0) is 20.3. The summed E-state index contributed by atoms with van der Waals surface area (Å²) >= 11 is 1.39. The van der Waals surface area contributed by atoms with Crippen LogP contribution in [-0.2, 0) is 26.9 Å². The van der Waals surface area contributed by atoms with Crippen molar-refractivity contribution in [3.63, 3.8) is 0 Å². The average molecular weight is 415 g/mol. The number of sulfone groups is 1. The molecule has 1 heterocycles. The number of aryl methyl sites for hydroxylation is 2. The number of hydrogen-bond acceptors (Lipinski definition) is 4. The van der Waals surface area contributed by atoms with Crippen molar-refractivity contribution in [2.24, 2.45) is 4.99 Å². The third-order valence-electron chi connectivity index (χ3n) is 4.22. The molecular formula is C21H22N2O3S2. The first-order chi connectivity index (χ1) is 13.3. The second-order valence-electron chi connectivity index (χ2n) is 6.74. The zero-order valence-corrected chi connectivity index (χ0v) is 17.5. The van der Waals surface area contributed by atoms with Gasteiger partial charge in [0.25, 0.3) is 5.91 Å². The Morgan fingerprint density at radius 2 is 1.93 bits per heavy atom. The third-order valence-corrected chi connectivity index (χ3v) is 6.91. The average Bonchev–Trinajstić information content (AvgIpc) is 2.93. The second kappa shape index (κ2) is 8.24. The Hall–Kier alpha value is -2.51. The predicted molar refractivity (Wildman–Crippen MR) is 114 cm³/mol. The third kappa shape index (κ3) is 4.66. The zero-order valence-electron chi connectivity index (χ0n) is 15.9. The van der Waals surface area contributed by atoms with Gasteiger partial charge in [-0.2, -0.15) is 4.99 Å². The molecule has 0 saturated carbocycles. The van der Waals surface area contributed by atoms with Crippen LogP contribution in [0.4, 0.5) is 0 Å². The smallest absolute Gasteiger partial charge is 0.263 e. The molecule has 146 valence electrons. The molecule has 0 aliphatic rings. The number of carbonyl (C=O) groups is 1. The Morgan fingerprint density at radius 1 is 1.21 bits per heavy atom. The summed E-state index contributed by atoms with van der Waals surface area (Å²) < 4.78 is 27.7. The van der Waals surface area contributed by atoms with Crippen molar-refractivity contribution in [2.45, 2.75) is 26.1 Å². The molecule has 7 heteroatoms. The summed E-state index contributed by atoms with van der Waals surface area (Å²) in [7, 11) is -3.59. The summed E-state index contributed by atoms with van der Waals surface area (Å²) in [4.78, 5) is 17.0. The van der Waals surface area contributed by atoms with Crippen molar-refractivity contribution >= 4 is 37.3 Å². The van der Waals surface area contributed by atoms with E-state index in [2.05, 4.69) is 17.6 Å². The lowest BCUT2D eigenvalue weighted by molar-refractivity contribution is -0.115. The number of aromatic nitrogens is 1. The van der Waals surface area contributed by atoms with E-state index in [1.165, 1.54) is 11.3 Å². The lowest BCUT2D eigenvalue weighted by Gasteiger charge is -2.04. The van der Waals surface area contributed by atoms with Crippen LogP contribution in [0.1, 0.15) is 16.7 Å². The van der Waals surface area contributed by atoms with Gasteiger partial charge in [0, 0.05) is 6.54 Å². The molecule has 1 aromatic heterocycles. The van der Waals surface area contributed by atoms with Crippen molar-refractivity contribution < 1.29 is 13.2 Å². The number of allylic oxidation sites excluding steroid dienone is 1. The van der Waals surface area contributed by atoms with Gasteiger partial charge in [-0.05, 0) is 36.6 Å². The highest BCUT2D eigenvalue weighted by molar-refractivity contribution is 7.91. The van der Waals surface area contributed by atoms with Crippen molar-refractivity contribution in [3.8, 4) is 0 Å². The first-order valence-electron chi connectivity index (χ1n) is 8.82. The lowest BCUT2D eigenvalue weighted by Crippen LogP contribution is -2.21. The molecule has 0 unspecified atom stereocenters. The fourth-order valence-electron chi connectivity index (χ4n) is 3.11. The molecular weight excluding hydrogens is 392 g/mol. The first-order valence-corrected chi connectivity index (χ1v) is 11.5. The first kappa shape index (κ1) is 20.2. The molecule has 5 nitrogen and oxygen atoms in total. The van der Waals surface area contributed by atoms with E-state index in [-0.39, 0.29) is 5.75 Å². The highest BCUT2D eigenvalue weighted by atomic mass is 32.2. The van der Waals surface area contributed by atoms with E-state index in [1.807, 2.05) is 30.5 Å². The van der Waals surface area contributed by atoms with E-state index < -0.39 is 21.5 Å². The van der Waals surface area contributed by atoms with Gasteiger partial charge in [0.05, 0.1) is 16.0 Å². The quantitative estimate of drug-likeness (QED) is 0.579. The maximum Gasteiger partial charge on any atom is 0.263 e. The molecule has 1 amide bonds. The monoisotopic (exact) mass is 414 g/mol. The van der Waals surface area contributed by atoms with Crippen LogP contribution in [0.25, 0.3) is 10.2 Å². The highest BCUT2D eigenvalue weighted by Gasteiger charge is 2.18. The molecule has 2 aromatic carbocycles. The van der Waals surface area contributed by atoms with Gasteiger partial charge < -0.3 is 4.57 Å². The Morgan fingerprint density at radius 3 is 2.61 bits per heavy atom. The Labute approximate surface area is 168 Å². The van der Waals surface area contributed by atoms with Crippen LogP contribution < -0.4 is 4.80 Å². The standard InChI is InChI=1S/C21H22N2O3S2/c1-4-10-23-18-12-15(2)11-16(3)20(18)27-21(23)22-19(24)14-28(25,26)13-17-8-6-5-7-9-17/h4-9,11-12H,1,10,13-14H2,2-3H3. The van der Waals surface area contributed by atoms with Crippen molar-refractivity contribution in [2.75, 3.05) is 5.75 Å². The van der Waals surface area contributed by atoms with E-state index in [0.717, 1.165) is 21.3 Å².